The van der Waals surface area contributed by atoms with E-state index in [1.54, 1.807) is 6.20 Å². The van der Waals surface area contributed by atoms with Crippen molar-refractivity contribution >= 4 is 15.9 Å². The molecule has 0 aliphatic carbocycles. The molecule has 3 nitrogen and oxygen atoms in total. The van der Waals surface area contributed by atoms with Crippen LogP contribution in [0.15, 0.2) is 22.8 Å². The zero-order valence-electron chi connectivity index (χ0n) is 7.75. The maximum atomic E-state index is 5.04. The van der Waals surface area contributed by atoms with Crippen LogP contribution in [0.5, 0.6) is 0 Å². The lowest BCUT2D eigenvalue weighted by Crippen LogP contribution is -2.27. The minimum Gasteiger partial charge on any atom is -0.304 e. The van der Waals surface area contributed by atoms with Gasteiger partial charge in [0, 0.05) is 21.8 Å². The maximum absolute atomic E-state index is 5.04. The molecule has 0 bridgehead atoms. The van der Waals surface area contributed by atoms with Gasteiger partial charge in [-0.3, -0.25) is 4.98 Å². The number of halogens is 1. The summed E-state index contributed by atoms with van der Waals surface area (Å²) in [5, 5.41) is 0. The van der Waals surface area contributed by atoms with Crippen molar-refractivity contribution in [3.05, 3.63) is 28.5 Å². The van der Waals surface area contributed by atoms with E-state index < -0.39 is 0 Å². The summed E-state index contributed by atoms with van der Waals surface area (Å²) in [5.41, 5.74) is 0.830. The van der Waals surface area contributed by atoms with Crippen LogP contribution < -0.4 is 5.90 Å². The molecule has 2 N–H and O–H groups in total. The van der Waals surface area contributed by atoms with E-state index in [0.717, 1.165) is 10.2 Å². The molecule has 0 atom stereocenters. The molecule has 0 aromatic carbocycles. The Kier molecular flexibility index (Phi) is 3.41. The molecule has 0 aliphatic rings. The van der Waals surface area contributed by atoms with E-state index in [1.807, 2.05) is 26.0 Å². The molecule has 0 aliphatic heterocycles. The lowest BCUT2D eigenvalue weighted by molar-refractivity contribution is 0.0949. The van der Waals surface area contributed by atoms with Gasteiger partial charge in [0.25, 0.3) is 0 Å². The summed E-state index contributed by atoms with van der Waals surface area (Å²) in [6.45, 7) is 4.54. The van der Waals surface area contributed by atoms with Gasteiger partial charge in [0.05, 0.1) is 6.61 Å². The summed E-state index contributed by atoms with van der Waals surface area (Å²) in [5.74, 6) is 5.04. The third-order valence-electron chi connectivity index (χ3n) is 1.86. The maximum Gasteiger partial charge on any atom is 0.0785 e. The van der Waals surface area contributed by atoms with Crippen LogP contribution in [0.4, 0.5) is 0 Å². The second-order valence-electron chi connectivity index (χ2n) is 3.56. The summed E-state index contributed by atoms with van der Waals surface area (Å²) in [4.78, 5) is 8.93. The standard InChI is InChI=1S/C9H13BrN2O/c1-9(2,6-13-11)8-4-3-7(10)5-12-8/h3-5H,6,11H2,1-2H3. The average Bonchev–Trinajstić information content (AvgIpc) is 2.05. The van der Waals surface area contributed by atoms with Crippen molar-refractivity contribution in [2.45, 2.75) is 19.3 Å². The molecule has 0 saturated heterocycles. The van der Waals surface area contributed by atoms with E-state index in [-0.39, 0.29) is 5.41 Å². The van der Waals surface area contributed by atoms with Gasteiger partial charge in [0.2, 0.25) is 0 Å². The van der Waals surface area contributed by atoms with Gasteiger partial charge in [-0.05, 0) is 28.1 Å². The molecule has 72 valence electrons. The quantitative estimate of drug-likeness (QED) is 0.828. The van der Waals surface area contributed by atoms with E-state index in [9.17, 15) is 0 Å². The summed E-state index contributed by atoms with van der Waals surface area (Å²) >= 11 is 3.33. The third-order valence-corrected chi connectivity index (χ3v) is 2.33. The summed E-state index contributed by atoms with van der Waals surface area (Å²) in [6, 6.07) is 3.92. The van der Waals surface area contributed by atoms with Crippen molar-refractivity contribution in [2.24, 2.45) is 5.90 Å². The molecule has 0 unspecified atom stereocenters. The van der Waals surface area contributed by atoms with Crippen LogP contribution >= 0.6 is 15.9 Å². The van der Waals surface area contributed by atoms with Crippen LogP contribution in [0.25, 0.3) is 0 Å². The lowest BCUT2D eigenvalue weighted by Gasteiger charge is -2.22. The third kappa shape index (κ3) is 2.76. The van der Waals surface area contributed by atoms with Gasteiger partial charge in [-0.15, -0.1) is 0 Å². The zero-order chi connectivity index (χ0) is 9.90. The first kappa shape index (κ1) is 10.6. The summed E-state index contributed by atoms with van der Waals surface area (Å²) < 4.78 is 0.973. The fraction of sp³-hybridized carbons (Fsp3) is 0.444. The average molecular weight is 245 g/mol. The molecule has 1 heterocycles. The number of nitrogens with zero attached hydrogens (tertiary/aromatic N) is 1. The lowest BCUT2D eigenvalue weighted by atomic mass is 9.90. The smallest absolute Gasteiger partial charge is 0.0785 e. The Balaban J connectivity index is 2.87. The second-order valence-corrected chi connectivity index (χ2v) is 4.47. The predicted octanol–water partition coefficient (Wildman–Crippen LogP) is 2.01. The molecule has 0 spiro atoms. The molecule has 0 fully saturated rings. The minimum absolute atomic E-state index is 0.143. The van der Waals surface area contributed by atoms with Crippen LogP contribution in [0.2, 0.25) is 0 Å². The van der Waals surface area contributed by atoms with Gasteiger partial charge in [0.1, 0.15) is 0 Å². The van der Waals surface area contributed by atoms with Gasteiger partial charge in [-0.1, -0.05) is 13.8 Å². The molecule has 4 heteroatoms. The second kappa shape index (κ2) is 4.17. The number of pyridine rings is 1. The SMILES string of the molecule is CC(C)(CON)c1ccc(Br)cn1. The Hall–Kier alpha value is -0.450. The van der Waals surface area contributed by atoms with E-state index in [2.05, 4.69) is 25.8 Å². The molecule has 0 radical (unpaired) electrons. The Morgan fingerprint density at radius 2 is 2.23 bits per heavy atom. The monoisotopic (exact) mass is 244 g/mol. The Labute approximate surface area is 86.4 Å². The van der Waals surface area contributed by atoms with E-state index in [1.165, 1.54) is 0 Å². The Bertz CT molecular complexity index is 271. The first-order chi connectivity index (χ1) is 6.06. The van der Waals surface area contributed by atoms with Crippen LogP contribution in [0.1, 0.15) is 19.5 Å². The molecule has 1 aromatic rings. The number of hydrogen-bond acceptors (Lipinski definition) is 3. The predicted molar refractivity (Wildman–Crippen MR) is 55.1 cm³/mol. The summed E-state index contributed by atoms with van der Waals surface area (Å²) in [7, 11) is 0. The van der Waals surface area contributed by atoms with Gasteiger partial charge in [-0.25, -0.2) is 5.90 Å². The van der Waals surface area contributed by atoms with Crippen molar-refractivity contribution in [1.82, 2.24) is 4.98 Å². The topological polar surface area (TPSA) is 48.1 Å². The number of rotatable bonds is 3. The van der Waals surface area contributed by atoms with Crippen LogP contribution in [0, 0.1) is 0 Å². The van der Waals surface area contributed by atoms with Gasteiger partial charge >= 0.3 is 0 Å². The molecule has 0 saturated carbocycles. The highest BCUT2D eigenvalue weighted by molar-refractivity contribution is 9.10. The number of aromatic nitrogens is 1. The van der Waals surface area contributed by atoms with E-state index in [4.69, 9.17) is 5.90 Å². The molecule has 1 rings (SSSR count). The van der Waals surface area contributed by atoms with Gasteiger partial charge in [0.15, 0.2) is 0 Å². The zero-order valence-corrected chi connectivity index (χ0v) is 9.34. The first-order valence-corrected chi connectivity index (χ1v) is 4.79. The first-order valence-electron chi connectivity index (χ1n) is 4.00. The van der Waals surface area contributed by atoms with E-state index >= 15 is 0 Å². The Morgan fingerprint density at radius 1 is 1.54 bits per heavy atom. The fourth-order valence-corrected chi connectivity index (χ4v) is 1.29. The molecule has 13 heavy (non-hydrogen) atoms. The van der Waals surface area contributed by atoms with Crippen LogP contribution in [-0.4, -0.2) is 11.6 Å². The fourth-order valence-electron chi connectivity index (χ4n) is 1.06. The van der Waals surface area contributed by atoms with Crippen molar-refractivity contribution in [2.75, 3.05) is 6.61 Å². The Morgan fingerprint density at radius 3 is 2.69 bits per heavy atom. The number of hydrogen-bond donors (Lipinski definition) is 1. The van der Waals surface area contributed by atoms with Crippen molar-refractivity contribution in [3.8, 4) is 0 Å². The van der Waals surface area contributed by atoms with Crippen LogP contribution in [0.3, 0.4) is 0 Å². The highest BCUT2D eigenvalue weighted by Gasteiger charge is 2.21. The van der Waals surface area contributed by atoms with Crippen LogP contribution in [-0.2, 0) is 10.3 Å². The summed E-state index contributed by atoms with van der Waals surface area (Å²) in [6.07, 6.45) is 1.77. The largest absolute Gasteiger partial charge is 0.304 e. The van der Waals surface area contributed by atoms with Crippen molar-refractivity contribution in [3.63, 3.8) is 0 Å². The highest BCUT2D eigenvalue weighted by atomic mass is 79.9. The number of nitrogens with two attached hydrogens (primary N) is 1. The van der Waals surface area contributed by atoms with Gasteiger partial charge in [-0.2, -0.15) is 0 Å². The van der Waals surface area contributed by atoms with E-state index in [0.29, 0.717) is 6.61 Å². The molecular formula is C9H13BrN2O. The molecule has 1 aromatic heterocycles. The van der Waals surface area contributed by atoms with Crippen molar-refractivity contribution < 1.29 is 4.84 Å². The van der Waals surface area contributed by atoms with Gasteiger partial charge < -0.3 is 4.84 Å². The molecular weight excluding hydrogens is 232 g/mol. The minimum atomic E-state index is -0.143. The molecule has 0 amide bonds. The normalized spacial score (nSPS) is 11.7. The van der Waals surface area contributed by atoms with Crippen molar-refractivity contribution in [1.29, 1.82) is 0 Å². The highest BCUT2D eigenvalue weighted by Crippen LogP contribution is 2.21.